The van der Waals surface area contributed by atoms with Gasteiger partial charge in [-0.25, -0.2) is 0 Å². The Bertz CT molecular complexity index is 216. The van der Waals surface area contributed by atoms with Crippen molar-refractivity contribution in [3.05, 3.63) is 0 Å². The molecule has 0 radical (unpaired) electrons. The number of likely N-dealkylation sites (N-methyl/N-ethyl adjacent to an activating group) is 1. The Morgan fingerprint density at radius 1 is 1.41 bits per heavy atom. The van der Waals surface area contributed by atoms with E-state index in [4.69, 9.17) is 5.73 Å². The molecule has 1 rings (SSSR count). The smallest absolute Gasteiger partial charge is 0.0307 e. The summed E-state index contributed by atoms with van der Waals surface area (Å²) in [4.78, 5) is 2.22. The van der Waals surface area contributed by atoms with Crippen LogP contribution in [-0.2, 0) is 0 Å². The van der Waals surface area contributed by atoms with Gasteiger partial charge in [-0.3, -0.25) is 0 Å². The summed E-state index contributed by atoms with van der Waals surface area (Å²) in [6, 6.07) is 0. The molecule has 0 spiro atoms. The third-order valence-electron chi connectivity index (χ3n) is 4.28. The zero-order valence-corrected chi connectivity index (χ0v) is 12.1. The van der Waals surface area contributed by atoms with Crippen molar-refractivity contribution in [3.8, 4) is 0 Å². The summed E-state index contributed by atoms with van der Waals surface area (Å²) in [5, 5.41) is 3.73. The van der Waals surface area contributed by atoms with Crippen molar-refractivity contribution in [1.29, 1.82) is 0 Å². The van der Waals surface area contributed by atoms with Crippen LogP contribution in [0.4, 0.5) is 0 Å². The van der Waals surface area contributed by atoms with Crippen molar-refractivity contribution < 1.29 is 0 Å². The van der Waals surface area contributed by atoms with Crippen LogP contribution in [0.2, 0.25) is 0 Å². The lowest BCUT2D eigenvalue weighted by Crippen LogP contribution is -2.55. The summed E-state index contributed by atoms with van der Waals surface area (Å²) in [6.45, 7) is 7.61. The lowest BCUT2D eigenvalue weighted by Gasteiger charge is -2.42. The van der Waals surface area contributed by atoms with E-state index >= 15 is 0 Å². The Kier molecular flexibility index (Phi) is 5.90. The minimum Gasteiger partial charge on any atom is -0.329 e. The minimum atomic E-state index is 0.212. The molecule has 1 aliphatic rings. The van der Waals surface area contributed by atoms with Gasteiger partial charge in [0.1, 0.15) is 0 Å². The van der Waals surface area contributed by atoms with Crippen LogP contribution in [0.1, 0.15) is 39.5 Å². The average molecular weight is 241 g/mol. The molecule has 0 aliphatic heterocycles. The lowest BCUT2D eigenvalue weighted by molar-refractivity contribution is 0.150. The SMILES string of the molecule is CC(C)C1CCCC(CN)(NCCN(C)C)C1. The van der Waals surface area contributed by atoms with E-state index in [0.717, 1.165) is 31.5 Å². The summed E-state index contributed by atoms with van der Waals surface area (Å²) >= 11 is 0. The van der Waals surface area contributed by atoms with Crippen LogP contribution < -0.4 is 11.1 Å². The highest BCUT2D eigenvalue weighted by molar-refractivity contribution is 4.95. The number of nitrogens with two attached hydrogens (primary N) is 1. The van der Waals surface area contributed by atoms with Gasteiger partial charge in [-0.1, -0.05) is 26.7 Å². The van der Waals surface area contributed by atoms with E-state index < -0.39 is 0 Å². The second-order valence-corrected chi connectivity index (χ2v) is 6.31. The molecule has 0 aromatic carbocycles. The number of nitrogens with one attached hydrogen (secondary N) is 1. The summed E-state index contributed by atoms with van der Waals surface area (Å²) in [5.74, 6) is 1.64. The van der Waals surface area contributed by atoms with Crippen molar-refractivity contribution in [3.63, 3.8) is 0 Å². The molecule has 102 valence electrons. The number of nitrogens with zero attached hydrogens (tertiary/aromatic N) is 1. The molecule has 0 aromatic rings. The summed E-state index contributed by atoms with van der Waals surface area (Å²) in [6.07, 6.45) is 5.22. The van der Waals surface area contributed by atoms with Gasteiger partial charge in [-0.05, 0) is 38.8 Å². The first-order chi connectivity index (χ1) is 7.99. The van der Waals surface area contributed by atoms with Gasteiger partial charge >= 0.3 is 0 Å². The maximum absolute atomic E-state index is 6.04. The topological polar surface area (TPSA) is 41.3 Å². The first-order valence-electron chi connectivity index (χ1n) is 7.09. The van der Waals surface area contributed by atoms with Crippen LogP contribution in [-0.4, -0.2) is 44.2 Å². The maximum Gasteiger partial charge on any atom is 0.0307 e. The molecule has 0 heterocycles. The van der Waals surface area contributed by atoms with Crippen molar-refractivity contribution in [2.75, 3.05) is 33.7 Å². The molecule has 1 aliphatic carbocycles. The second kappa shape index (κ2) is 6.72. The number of hydrogen-bond donors (Lipinski definition) is 2. The lowest BCUT2D eigenvalue weighted by atomic mass is 9.71. The highest BCUT2D eigenvalue weighted by Crippen LogP contribution is 2.35. The van der Waals surface area contributed by atoms with Gasteiger partial charge in [0.25, 0.3) is 0 Å². The Balaban J connectivity index is 2.49. The third-order valence-corrected chi connectivity index (χ3v) is 4.28. The van der Waals surface area contributed by atoms with E-state index in [2.05, 4.69) is 38.2 Å². The Morgan fingerprint density at radius 3 is 2.65 bits per heavy atom. The molecule has 17 heavy (non-hydrogen) atoms. The minimum absolute atomic E-state index is 0.212. The summed E-state index contributed by atoms with van der Waals surface area (Å²) in [5.41, 5.74) is 6.25. The molecule has 2 unspecified atom stereocenters. The van der Waals surface area contributed by atoms with Crippen LogP contribution >= 0.6 is 0 Å². The zero-order chi connectivity index (χ0) is 12.9. The van der Waals surface area contributed by atoms with E-state index in [0.29, 0.717) is 0 Å². The molecule has 3 heteroatoms. The van der Waals surface area contributed by atoms with Gasteiger partial charge in [0.15, 0.2) is 0 Å². The number of rotatable bonds is 6. The van der Waals surface area contributed by atoms with E-state index in [1.54, 1.807) is 0 Å². The van der Waals surface area contributed by atoms with Crippen LogP contribution in [0.15, 0.2) is 0 Å². The number of hydrogen-bond acceptors (Lipinski definition) is 3. The first kappa shape index (κ1) is 14.9. The monoisotopic (exact) mass is 241 g/mol. The highest BCUT2D eigenvalue weighted by Gasteiger charge is 2.35. The second-order valence-electron chi connectivity index (χ2n) is 6.31. The zero-order valence-electron chi connectivity index (χ0n) is 12.1. The molecule has 0 saturated heterocycles. The van der Waals surface area contributed by atoms with E-state index in [1.165, 1.54) is 25.7 Å². The molecule has 1 saturated carbocycles. The van der Waals surface area contributed by atoms with Gasteiger partial charge < -0.3 is 16.0 Å². The van der Waals surface area contributed by atoms with Crippen LogP contribution in [0.3, 0.4) is 0 Å². The fourth-order valence-corrected chi connectivity index (χ4v) is 2.94. The van der Waals surface area contributed by atoms with Crippen molar-refractivity contribution in [2.24, 2.45) is 17.6 Å². The molecule has 1 fully saturated rings. The predicted molar refractivity (Wildman–Crippen MR) is 75.1 cm³/mol. The van der Waals surface area contributed by atoms with Gasteiger partial charge in [0, 0.05) is 25.2 Å². The maximum atomic E-state index is 6.04. The van der Waals surface area contributed by atoms with E-state index in [9.17, 15) is 0 Å². The molecule has 0 aromatic heterocycles. The van der Waals surface area contributed by atoms with Crippen molar-refractivity contribution in [1.82, 2.24) is 10.2 Å². The van der Waals surface area contributed by atoms with Crippen molar-refractivity contribution >= 4 is 0 Å². The van der Waals surface area contributed by atoms with Gasteiger partial charge in [0.05, 0.1) is 0 Å². The van der Waals surface area contributed by atoms with Crippen LogP contribution in [0.25, 0.3) is 0 Å². The first-order valence-corrected chi connectivity index (χ1v) is 7.09. The fourth-order valence-electron chi connectivity index (χ4n) is 2.94. The van der Waals surface area contributed by atoms with E-state index in [1.807, 2.05) is 0 Å². The molecular weight excluding hydrogens is 210 g/mol. The predicted octanol–water partition coefficient (Wildman–Crippen LogP) is 1.68. The molecule has 2 atom stereocenters. The van der Waals surface area contributed by atoms with Gasteiger partial charge in [-0.15, -0.1) is 0 Å². The molecular formula is C14H31N3. The Morgan fingerprint density at radius 2 is 2.12 bits per heavy atom. The highest BCUT2D eigenvalue weighted by atomic mass is 15.1. The molecule has 0 amide bonds. The van der Waals surface area contributed by atoms with E-state index in [-0.39, 0.29) is 5.54 Å². The normalized spacial score (nSPS) is 30.2. The van der Waals surface area contributed by atoms with Gasteiger partial charge in [-0.2, -0.15) is 0 Å². The van der Waals surface area contributed by atoms with Crippen LogP contribution in [0, 0.1) is 11.8 Å². The quantitative estimate of drug-likeness (QED) is 0.743. The average Bonchev–Trinajstić information content (AvgIpc) is 2.29. The summed E-state index contributed by atoms with van der Waals surface area (Å²) in [7, 11) is 4.24. The summed E-state index contributed by atoms with van der Waals surface area (Å²) < 4.78 is 0. The fraction of sp³-hybridized carbons (Fsp3) is 1.00. The largest absolute Gasteiger partial charge is 0.329 e. The van der Waals surface area contributed by atoms with Crippen molar-refractivity contribution in [2.45, 2.75) is 45.1 Å². The van der Waals surface area contributed by atoms with Crippen LogP contribution in [0.5, 0.6) is 0 Å². The standard InChI is InChI=1S/C14H31N3/c1-12(2)13-6-5-7-14(10-13,11-15)16-8-9-17(3)4/h12-13,16H,5-11,15H2,1-4H3. The Labute approximate surface area is 107 Å². The third kappa shape index (κ3) is 4.57. The Hall–Kier alpha value is -0.120. The van der Waals surface area contributed by atoms with Gasteiger partial charge in [0.2, 0.25) is 0 Å². The molecule has 3 nitrogen and oxygen atoms in total. The molecule has 0 bridgehead atoms. The molecule has 3 N–H and O–H groups in total.